The highest BCUT2D eigenvalue weighted by Gasteiger charge is 2.10. The lowest BCUT2D eigenvalue weighted by molar-refractivity contribution is 0.169. The van der Waals surface area contributed by atoms with Gasteiger partial charge < -0.3 is 15.0 Å². The molecular formula is C8H16N2O2. The number of carbonyl (C=O) groups is 1. The largest absolute Gasteiger partial charge is 0.453 e. The van der Waals surface area contributed by atoms with Crippen molar-refractivity contribution < 1.29 is 9.53 Å². The molecule has 0 aliphatic carbocycles. The Balaban J connectivity index is 1.97. The van der Waals surface area contributed by atoms with E-state index in [1.165, 1.54) is 33.0 Å². The van der Waals surface area contributed by atoms with Gasteiger partial charge in [0.25, 0.3) is 0 Å². The summed E-state index contributed by atoms with van der Waals surface area (Å²) in [5.74, 6) is 0. The van der Waals surface area contributed by atoms with Crippen LogP contribution in [0.2, 0.25) is 0 Å². The summed E-state index contributed by atoms with van der Waals surface area (Å²) in [6.07, 6.45) is 2.24. The maximum atomic E-state index is 10.6. The minimum atomic E-state index is -0.339. The molecule has 0 saturated carbocycles. The third-order valence-electron chi connectivity index (χ3n) is 2.08. The third-order valence-corrected chi connectivity index (χ3v) is 2.08. The molecule has 1 N–H and O–H groups in total. The summed E-state index contributed by atoms with van der Waals surface area (Å²) in [5.41, 5.74) is 0. The van der Waals surface area contributed by atoms with Crippen LogP contribution < -0.4 is 5.32 Å². The average molecular weight is 172 g/mol. The summed E-state index contributed by atoms with van der Waals surface area (Å²) in [4.78, 5) is 13.0. The van der Waals surface area contributed by atoms with Gasteiger partial charge in [0.15, 0.2) is 0 Å². The maximum absolute atomic E-state index is 10.6. The number of hydrogen-bond donors (Lipinski definition) is 1. The van der Waals surface area contributed by atoms with Crippen molar-refractivity contribution in [2.45, 2.75) is 12.8 Å². The van der Waals surface area contributed by atoms with E-state index in [1.54, 1.807) is 0 Å². The first-order valence-electron chi connectivity index (χ1n) is 4.37. The fourth-order valence-electron chi connectivity index (χ4n) is 1.39. The number of ether oxygens (including phenoxy) is 1. The Labute approximate surface area is 72.9 Å². The lowest BCUT2D eigenvalue weighted by Crippen LogP contribution is -2.33. The molecule has 1 heterocycles. The molecule has 0 aromatic rings. The molecule has 1 fully saturated rings. The van der Waals surface area contributed by atoms with Crippen LogP contribution in [0.15, 0.2) is 0 Å². The zero-order chi connectivity index (χ0) is 8.81. The number of alkyl carbamates (subject to hydrolysis) is 1. The predicted octanol–water partition coefficient (Wildman–Crippen LogP) is 0.438. The molecular weight excluding hydrogens is 156 g/mol. The molecule has 12 heavy (non-hydrogen) atoms. The second-order valence-corrected chi connectivity index (χ2v) is 2.97. The number of rotatable bonds is 3. The van der Waals surface area contributed by atoms with Gasteiger partial charge in [-0.2, -0.15) is 0 Å². The molecule has 1 aliphatic heterocycles. The predicted molar refractivity (Wildman–Crippen MR) is 46.1 cm³/mol. The molecule has 1 amide bonds. The monoisotopic (exact) mass is 172 g/mol. The zero-order valence-corrected chi connectivity index (χ0v) is 7.51. The van der Waals surface area contributed by atoms with Crippen molar-refractivity contribution in [3.05, 3.63) is 0 Å². The Bertz CT molecular complexity index is 144. The normalized spacial score (nSPS) is 17.8. The van der Waals surface area contributed by atoms with Crippen molar-refractivity contribution in [3.8, 4) is 0 Å². The highest BCUT2D eigenvalue weighted by molar-refractivity contribution is 5.66. The van der Waals surface area contributed by atoms with Gasteiger partial charge in [0.1, 0.15) is 0 Å². The van der Waals surface area contributed by atoms with E-state index in [0.29, 0.717) is 6.54 Å². The minimum Gasteiger partial charge on any atom is -0.453 e. The van der Waals surface area contributed by atoms with Gasteiger partial charge in [0.05, 0.1) is 7.11 Å². The van der Waals surface area contributed by atoms with Gasteiger partial charge >= 0.3 is 6.09 Å². The molecule has 0 unspecified atom stereocenters. The van der Waals surface area contributed by atoms with E-state index in [2.05, 4.69) is 15.0 Å². The van der Waals surface area contributed by atoms with Crippen LogP contribution in [-0.4, -0.2) is 44.3 Å². The van der Waals surface area contributed by atoms with Gasteiger partial charge in [0, 0.05) is 13.1 Å². The number of amides is 1. The molecule has 4 heteroatoms. The fraction of sp³-hybridized carbons (Fsp3) is 0.875. The SMILES string of the molecule is COC(=O)NCCN1CCCC1. The highest BCUT2D eigenvalue weighted by Crippen LogP contribution is 2.05. The van der Waals surface area contributed by atoms with Gasteiger partial charge in [-0.1, -0.05) is 0 Å². The van der Waals surface area contributed by atoms with E-state index >= 15 is 0 Å². The summed E-state index contributed by atoms with van der Waals surface area (Å²) >= 11 is 0. The number of methoxy groups -OCH3 is 1. The van der Waals surface area contributed by atoms with E-state index in [1.807, 2.05) is 0 Å². The molecule has 0 bridgehead atoms. The lowest BCUT2D eigenvalue weighted by Gasteiger charge is -2.13. The minimum absolute atomic E-state index is 0.339. The summed E-state index contributed by atoms with van der Waals surface area (Å²) in [7, 11) is 1.38. The van der Waals surface area contributed by atoms with Crippen molar-refractivity contribution in [2.75, 3.05) is 33.3 Å². The summed E-state index contributed by atoms with van der Waals surface area (Å²) in [6.45, 7) is 3.97. The highest BCUT2D eigenvalue weighted by atomic mass is 16.5. The molecule has 0 atom stereocenters. The first-order valence-corrected chi connectivity index (χ1v) is 4.37. The lowest BCUT2D eigenvalue weighted by atomic mass is 10.4. The van der Waals surface area contributed by atoms with E-state index in [-0.39, 0.29) is 6.09 Å². The van der Waals surface area contributed by atoms with Gasteiger partial charge in [0.2, 0.25) is 0 Å². The Hall–Kier alpha value is -0.770. The van der Waals surface area contributed by atoms with Crippen molar-refractivity contribution in [1.82, 2.24) is 10.2 Å². The van der Waals surface area contributed by atoms with Crippen LogP contribution >= 0.6 is 0 Å². The molecule has 1 aliphatic rings. The van der Waals surface area contributed by atoms with E-state index in [4.69, 9.17) is 0 Å². The maximum Gasteiger partial charge on any atom is 0.406 e. The van der Waals surface area contributed by atoms with E-state index in [9.17, 15) is 4.79 Å². The number of hydrogen-bond acceptors (Lipinski definition) is 3. The number of likely N-dealkylation sites (tertiary alicyclic amines) is 1. The van der Waals surface area contributed by atoms with Crippen LogP contribution in [0, 0.1) is 0 Å². The van der Waals surface area contributed by atoms with Crippen LogP contribution in [0.3, 0.4) is 0 Å². The van der Waals surface area contributed by atoms with Gasteiger partial charge in [-0.3, -0.25) is 0 Å². The molecule has 0 spiro atoms. The third kappa shape index (κ3) is 3.09. The van der Waals surface area contributed by atoms with Gasteiger partial charge in [-0.05, 0) is 25.9 Å². The standard InChI is InChI=1S/C8H16N2O2/c1-12-8(11)9-4-7-10-5-2-3-6-10/h2-7H2,1H3,(H,9,11). The van der Waals surface area contributed by atoms with Crippen molar-refractivity contribution in [1.29, 1.82) is 0 Å². The topological polar surface area (TPSA) is 41.6 Å². The molecule has 1 saturated heterocycles. The molecule has 0 aromatic carbocycles. The van der Waals surface area contributed by atoms with Crippen LogP contribution in [-0.2, 0) is 4.74 Å². The second-order valence-electron chi connectivity index (χ2n) is 2.97. The van der Waals surface area contributed by atoms with Crippen LogP contribution in [0.25, 0.3) is 0 Å². The Kier molecular flexibility index (Phi) is 3.87. The molecule has 70 valence electrons. The Morgan fingerprint density at radius 2 is 2.17 bits per heavy atom. The average Bonchev–Trinajstić information content (AvgIpc) is 2.57. The molecule has 4 nitrogen and oxygen atoms in total. The number of nitrogens with one attached hydrogen (secondary N) is 1. The number of carbonyl (C=O) groups excluding carboxylic acids is 1. The smallest absolute Gasteiger partial charge is 0.406 e. The first kappa shape index (κ1) is 9.32. The fourth-order valence-corrected chi connectivity index (χ4v) is 1.39. The van der Waals surface area contributed by atoms with E-state index in [0.717, 1.165) is 6.54 Å². The van der Waals surface area contributed by atoms with Crippen LogP contribution in [0.1, 0.15) is 12.8 Å². The molecule has 1 rings (SSSR count). The zero-order valence-electron chi connectivity index (χ0n) is 7.51. The van der Waals surface area contributed by atoms with Crippen molar-refractivity contribution in [2.24, 2.45) is 0 Å². The molecule has 0 aromatic heterocycles. The van der Waals surface area contributed by atoms with Crippen LogP contribution in [0.5, 0.6) is 0 Å². The summed E-state index contributed by atoms with van der Waals surface area (Å²) in [5, 5.41) is 2.66. The Morgan fingerprint density at radius 1 is 1.50 bits per heavy atom. The van der Waals surface area contributed by atoms with E-state index < -0.39 is 0 Å². The van der Waals surface area contributed by atoms with Crippen LogP contribution in [0.4, 0.5) is 4.79 Å². The van der Waals surface area contributed by atoms with Crippen molar-refractivity contribution >= 4 is 6.09 Å². The first-order chi connectivity index (χ1) is 5.83. The second kappa shape index (κ2) is 4.98. The van der Waals surface area contributed by atoms with Crippen molar-refractivity contribution in [3.63, 3.8) is 0 Å². The Morgan fingerprint density at radius 3 is 2.75 bits per heavy atom. The van der Waals surface area contributed by atoms with Gasteiger partial charge in [-0.25, -0.2) is 4.79 Å². The van der Waals surface area contributed by atoms with Gasteiger partial charge in [-0.15, -0.1) is 0 Å². The quantitative estimate of drug-likeness (QED) is 0.671. The summed E-state index contributed by atoms with van der Waals surface area (Å²) < 4.78 is 4.45. The molecule has 0 radical (unpaired) electrons. The number of nitrogens with zero attached hydrogens (tertiary/aromatic N) is 1. The summed E-state index contributed by atoms with van der Waals surface area (Å²) in [6, 6.07) is 0.